The number of amides is 1. The number of halogens is 4. The number of carbonyl (C=O) groups excluding carboxylic acids is 2. The number of nitrogens with zero attached hydrogens (tertiary/aromatic N) is 1. The number of hydrogen-bond acceptors (Lipinski definition) is 6. The zero-order chi connectivity index (χ0) is 20.3. The van der Waals surface area contributed by atoms with Gasteiger partial charge in [0.25, 0.3) is 11.7 Å². The van der Waals surface area contributed by atoms with Crippen molar-refractivity contribution >= 4 is 51.1 Å². The Bertz CT molecular complexity index is 986. The highest BCUT2D eigenvalue weighted by Crippen LogP contribution is 2.37. The number of nitrogens with one attached hydrogen (secondary N) is 1. The van der Waals surface area contributed by atoms with E-state index in [2.05, 4.69) is 10.3 Å². The molecule has 2 heterocycles. The first-order chi connectivity index (χ1) is 13.2. The van der Waals surface area contributed by atoms with Gasteiger partial charge in [0.2, 0.25) is 0 Å². The third kappa shape index (κ3) is 4.89. The minimum atomic E-state index is -5.04. The molecule has 3 rings (SSSR count). The summed E-state index contributed by atoms with van der Waals surface area (Å²) < 4.78 is 43.9. The number of carbonyl (C=O) groups is 2. The lowest BCUT2D eigenvalue weighted by Gasteiger charge is -2.05. The molecule has 0 radical (unpaired) electrons. The Balaban J connectivity index is 1.75. The van der Waals surface area contributed by atoms with Crippen molar-refractivity contribution in [2.75, 3.05) is 11.9 Å². The molecular weight excluding hydrogens is 437 g/mol. The number of hydrogen-bond donors (Lipinski definition) is 1. The van der Waals surface area contributed by atoms with E-state index in [-0.39, 0.29) is 10.8 Å². The average Bonchev–Trinajstić information content (AvgIpc) is 3.29. The molecule has 146 valence electrons. The fraction of sp³-hybridized carbons (Fsp3) is 0.118. The van der Waals surface area contributed by atoms with Gasteiger partial charge in [-0.2, -0.15) is 13.2 Å². The molecule has 0 aliphatic rings. The van der Waals surface area contributed by atoms with E-state index in [1.165, 1.54) is 0 Å². The second-order valence-electron chi connectivity index (χ2n) is 5.29. The first-order valence-corrected chi connectivity index (χ1v) is 9.66. The van der Waals surface area contributed by atoms with Crippen molar-refractivity contribution in [3.05, 3.63) is 51.7 Å². The van der Waals surface area contributed by atoms with Crippen molar-refractivity contribution in [3.8, 4) is 16.3 Å². The normalized spacial score (nSPS) is 11.3. The van der Waals surface area contributed by atoms with Crippen LogP contribution in [0.25, 0.3) is 10.6 Å². The van der Waals surface area contributed by atoms with Crippen molar-refractivity contribution in [1.29, 1.82) is 0 Å². The van der Waals surface area contributed by atoms with Gasteiger partial charge in [0.05, 0.1) is 4.88 Å². The summed E-state index contributed by atoms with van der Waals surface area (Å²) in [6, 6.07) is 9.46. The van der Waals surface area contributed by atoms with Crippen molar-refractivity contribution in [1.82, 2.24) is 4.98 Å². The van der Waals surface area contributed by atoms with Gasteiger partial charge in [-0.3, -0.25) is 14.9 Å². The predicted molar refractivity (Wildman–Crippen MR) is 101 cm³/mol. The van der Waals surface area contributed by atoms with Crippen molar-refractivity contribution < 1.29 is 27.5 Å². The van der Waals surface area contributed by atoms with Crippen LogP contribution in [0.4, 0.5) is 18.3 Å². The molecular formula is C17H10ClF3N2O3S2. The maximum Gasteiger partial charge on any atom is 0.455 e. The number of Topliss-reactive ketones (excluding diaryl/α,β-unsaturated/α-hetero) is 1. The van der Waals surface area contributed by atoms with Crippen LogP contribution in [0.15, 0.2) is 41.8 Å². The molecule has 0 aliphatic carbocycles. The fourth-order valence-electron chi connectivity index (χ4n) is 2.07. The van der Waals surface area contributed by atoms with Crippen LogP contribution in [-0.4, -0.2) is 29.5 Å². The van der Waals surface area contributed by atoms with E-state index >= 15 is 0 Å². The van der Waals surface area contributed by atoms with E-state index in [0.29, 0.717) is 27.0 Å². The SMILES string of the molecule is O=C(COc1ccc(Cl)cc1)Nc1nc(-c2cccs2)c(C(=O)C(F)(F)F)s1. The number of ketones is 1. The van der Waals surface area contributed by atoms with Crippen LogP contribution in [0.1, 0.15) is 9.67 Å². The Morgan fingerprint density at radius 2 is 1.89 bits per heavy atom. The lowest BCUT2D eigenvalue weighted by molar-refractivity contribution is -0.118. The molecule has 2 aromatic heterocycles. The lowest BCUT2D eigenvalue weighted by atomic mass is 10.2. The van der Waals surface area contributed by atoms with Crippen LogP contribution < -0.4 is 10.1 Å². The van der Waals surface area contributed by atoms with Gasteiger partial charge in [-0.1, -0.05) is 29.0 Å². The number of thiazole rings is 1. The Morgan fingerprint density at radius 3 is 2.50 bits per heavy atom. The summed E-state index contributed by atoms with van der Waals surface area (Å²) >= 11 is 7.35. The number of thiophene rings is 1. The minimum Gasteiger partial charge on any atom is -0.484 e. The zero-order valence-electron chi connectivity index (χ0n) is 13.7. The summed E-state index contributed by atoms with van der Waals surface area (Å²) in [5.41, 5.74) is -0.115. The number of rotatable bonds is 6. The molecule has 0 saturated heterocycles. The van der Waals surface area contributed by atoms with Gasteiger partial charge >= 0.3 is 6.18 Å². The summed E-state index contributed by atoms with van der Waals surface area (Å²) in [5.74, 6) is -2.25. The molecule has 5 nitrogen and oxygen atoms in total. The van der Waals surface area contributed by atoms with Crippen LogP contribution in [0.3, 0.4) is 0 Å². The van der Waals surface area contributed by atoms with Gasteiger partial charge in [-0.05, 0) is 35.7 Å². The van der Waals surface area contributed by atoms with Gasteiger partial charge in [0.15, 0.2) is 11.7 Å². The first-order valence-electron chi connectivity index (χ1n) is 7.58. The highest BCUT2D eigenvalue weighted by Gasteiger charge is 2.42. The number of aromatic nitrogens is 1. The van der Waals surface area contributed by atoms with Crippen molar-refractivity contribution in [3.63, 3.8) is 0 Å². The molecule has 0 atom stereocenters. The van der Waals surface area contributed by atoms with Gasteiger partial charge in [-0.25, -0.2) is 4.98 Å². The molecule has 0 saturated carbocycles. The second-order valence-corrected chi connectivity index (χ2v) is 7.67. The predicted octanol–water partition coefficient (Wildman–Crippen LogP) is 5.29. The molecule has 3 aromatic rings. The zero-order valence-corrected chi connectivity index (χ0v) is 16.1. The monoisotopic (exact) mass is 446 g/mol. The average molecular weight is 447 g/mol. The number of benzene rings is 1. The second kappa shape index (κ2) is 8.29. The molecule has 1 N–H and O–H groups in total. The van der Waals surface area contributed by atoms with E-state index < -0.39 is 29.4 Å². The molecule has 0 bridgehead atoms. The molecule has 0 fully saturated rings. The molecule has 1 aromatic carbocycles. The van der Waals surface area contributed by atoms with E-state index in [1.54, 1.807) is 41.8 Å². The molecule has 28 heavy (non-hydrogen) atoms. The highest BCUT2D eigenvalue weighted by molar-refractivity contribution is 7.19. The molecule has 0 aliphatic heterocycles. The topological polar surface area (TPSA) is 68.3 Å². The molecule has 1 amide bonds. The maximum absolute atomic E-state index is 12.9. The summed E-state index contributed by atoms with van der Waals surface area (Å²) in [6.07, 6.45) is -5.04. The van der Waals surface area contributed by atoms with Gasteiger partial charge < -0.3 is 4.74 Å². The Morgan fingerprint density at radius 1 is 1.18 bits per heavy atom. The highest BCUT2D eigenvalue weighted by atomic mass is 35.5. The van der Waals surface area contributed by atoms with E-state index in [0.717, 1.165) is 11.3 Å². The van der Waals surface area contributed by atoms with Crippen LogP contribution in [0, 0.1) is 0 Å². The van der Waals surface area contributed by atoms with Crippen molar-refractivity contribution in [2.24, 2.45) is 0 Å². The first kappa shape index (κ1) is 20.3. The third-order valence-corrected chi connectivity index (χ3v) is 5.37. The largest absolute Gasteiger partial charge is 0.484 e. The van der Waals surface area contributed by atoms with E-state index in [9.17, 15) is 22.8 Å². The quantitative estimate of drug-likeness (QED) is 0.522. The third-order valence-electron chi connectivity index (χ3n) is 3.28. The molecule has 0 spiro atoms. The summed E-state index contributed by atoms with van der Waals surface area (Å²) in [7, 11) is 0. The molecule has 11 heteroatoms. The number of alkyl halides is 3. The van der Waals surface area contributed by atoms with E-state index in [1.807, 2.05) is 0 Å². The van der Waals surface area contributed by atoms with Gasteiger partial charge in [0, 0.05) is 5.02 Å². The minimum absolute atomic E-state index is 0.115. The van der Waals surface area contributed by atoms with Crippen molar-refractivity contribution in [2.45, 2.75) is 6.18 Å². The number of ether oxygens (including phenoxy) is 1. The summed E-state index contributed by atoms with van der Waals surface area (Å²) in [5, 5.41) is 4.38. The van der Waals surface area contributed by atoms with Gasteiger partial charge in [-0.15, -0.1) is 11.3 Å². The van der Waals surface area contributed by atoms with Gasteiger partial charge in [0.1, 0.15) is 16.3 Å². The standard InChI is InChI=1S/C17H10ClF3N2O3S2/c18-9-3-5-10(6-4-9)26-8-12(24)22-16-23-13(11-2-1-7-27-11)14(28-16)15(25)17(19,20)21/h1-7H,8H2,(H,22,23,24). The Hall–Kier alpha value is -2.43. The van der Waals surface area contributed by atoms with E-state index in [4.69, 9.17) is 16.3 Å². The summed E-state index contributed by atoms with van der Waals surface area (Å²) in [4.78, 5) is 27.6. The van der Waals surface area contributed by atoms with Crippen LogP contribution in [0.5, 0.6) is 5.75 Å². The lowest BCUT2D eigenvalue weighted by Crippen LogP contribution is -2.22. The Labute approximate surface area is 169 Å². The smallest absolute Gasteiger partial charge is 0.455 e. The van der Waals surface area contributed by atoms with Crippen LogP contribution >= 0.6 is 34.3 Å². The fourth-order valence-corrected chi connectivity index (χ4v) is 3.94. The Kier molecular flexibility index (Phi) is 6.01. The summed E-state index contributed by atoms with van der Waals surface area (Å²) in [6.45, 7) is -0.391. The van der Waals surface area contributed by atoms with Crippen LogP contribution in [-0.2, 0) is 4.79 Å². The van der Waals surface area contributed by atoms with Crippen LogP contribution in [0.2, 0.25) is 5.02 Å². The maximum atomic E-state index is 12.9. The number of anilines is 1. The molecule has 0 unspecified atom stereocenters.